The van der Waals surface area contributed by atoms with E-state index in [4.69, 9.17) is 15.2 Å². The first-order chi connectivity index (χ1) is 13.3. The highest BCUT2D eigenvalue weighted by atomic mass is 16.6. The first-order valence-electron chi connectivity index (χ1n) is 9.71. The molecule has 6 heteroatoms. The standard InChI is InChI=1S/C22H29N3O3/c1-22(2,3)28-21(26)25-12-10-16(11-13-25)17-4-7-19(24-14-17)15-27-20-8-5-18(23)6-9-20/h4-9,14,16H,10-13,15,23H2,1-3H3. The minimum atomic E-state index is -0.456. The maximum Gasteiger partial charge on any atom is 0.410 e. The van der Waals surface area contributed by atoms with E-state index in [9.17, 15) is 4.79 Å². The Morgan fingerprint density at radius 1 is 1.14 bits per heavy atom. The molecule has 1 aliphatic heterocycles. The SMILES string of the molecule is CC(C)(C)OC(=O)N1CCC(c2ccc(COc3ccc(N)cc3)nc2)CC1. The van der Waals surface area contributed by atoms with Crippen molar-refractivity contribution in [3.05, 3.63) is 53.9 Å². The second kappa shape index (κ2) is 8.50. The predicted octanol–water partition coefficient (Wildman–Crippen LogP) is 4.36. The number of anilines is 1. The highest BCUT2D eigenvalue weighted by Gasteiger charge is 2.27. The predicted molar refractivity (Wildman–Crippen MR) is 109 cm³/mol. The number of carbonyl (C=O) groups excluding carboxylic acids is 1. The number of piperidine rings is 1. The van der Waals surface area contributed by atoms with E-state index in [0.29, 0.717) is 31.3 Å². The molecule has 150 valence electrons. The van der Waals surface area contributed by atoms with Crippen LogP contribution in [0.2, 0.25) is 0 Å². The van der Waals surface area contributed by atoms with Gasteiger partial charge in [-0.05, 0) is 75.4 Å². The molecular weight excluding hydrogens is 354 g/mol. The van der Waals surface area contributed by atoms with Crippen molar-refractivity contribution in [3.63, 3.8) is 0 Å². The Bertz CT molecular complexity index is 774. The molecule has 1 aromatic carbocycles. The molecule has 0 atom stereocenters. The average Bonchev–Trinajstić information content (AvgIpc) is 2.67. The smallest absolute Gasteiger partial charge is 0.410 e. The lowest BCUT2D eigenvalue weighted by atomic mass is 9.90. The van der Waals surface area contributed by atoms with Crippen molar-refractivity contribution in [1.29, 1.82) is 0 Å². The lowest BCUT2D eigenvalue weighted by Crippen LogP contribution is -2.41. The van der Waals surface area contributed by atoms with Crippen molar-refractivity contribution in [2.45, 2.75) is 51.7 Å². The summed E-state index contributed by atoms with van der Waals surface area (Å²) in [5, 5.41) is 0. The van der Waals surface area contributed by atoms with Gasteiger partial charge in [-0.1, -0.05) is 6.07 Å². The molecule has 0 aliphatic carbocycles. The van der Waals surface area contributed by atoms with Gasteiger partial charge < -0.3 is 20.1 Å². The lowest BCUT2D eigenvalue weighted by molar-refractivity contribution is 0.0205. The van der Waals surface area contributed by atoms with Crippen LogP contribution in [0.5, 0.6) is 5.75 Å². The Kier molecular flexibility index (Phi) is 6.07. The molecule has 2 N–H and O–H groups in total. The number of likely N-dealkylation sites (tertiary alicyclic amines) is 1. The molecule has 2 aromatic rings. The van der Waals surface area contributed by atoms with Gasteiger partial charge in [0.25, 0.3) is 0 Å². The third kappa shape index (κ3) is 5.62. The third-order valence-corrected chi connectivity index (χ3v) is 4.73. The van der Waals surface area contributed by atoms with Gasteiger partial charge in [0, 0.05) is 25.0 Å². The van der Waals surface area contributed by atoms with E-state index in [-0.39, 0.29) is 6.09 Å². The zero-order chi connectivity index (χ0) is 20.1. The van der Waals surface area contributed by atoms with Crippen LogP contribution in [0.3, 0.4) is 0 Å². The van der Waals surface area contributed by atoms with Crippen LogP contribution >= 0.6 is 0 Å². The van der Waals surface area contributed by atoms with Crippen molar-refractivity contribution < 1.29 is 14.3 Å². The molecule has 1 saturated heterocycles. The molecule has 6 nitrogen and oxygen atoms in total. The van der Waals surface area contributed by atoms with E-state index in [1.54, 1.807) is 4.90 Å². The van der Waals surface area contributed by atoms with Crippen LogP contribution in [-0.4, -0.2) is 34.7 Å². The van der Waals surface area contributed by atoms with Crippen LogP contribution in [0.15, 0.2) is 42.6 Å². The average molecular weight is 383 g/mol. The van der Waals surface area contributed by atoms with E-state index in [0.717, 1.165) is 24.3 Å². The molecule has 28 heavy (non-hydrogen) atoms. The van der Waals surface area contributed by atoms with Crippen LogP contribution in [0.1, 0.15) is 50.8 Å². The summed E-state index contributed by atoms with van der Waals surface area (Å²) < 4.78 is 11.2. The highest BCUT2D eigenvalue weighted by Crippen LogP contribution is 2.28. The van der Waals surface area contributed by atoms with Gasteiger partial charge in [-0.3, -0.25) is 4.98 Å². The van der Waals surface area contributed by atoms with E-state index < -0.39 is 5.60 Å². The number of pyridine rings is 1. The van der Waals surface area contributed by atoms with Crippen molar-refractivity contribution in [3.8, 4) is 5.75 Å². The largest absolute Gasteiger partial charge is 0.487 e. The Balaban J connectivity index is 1.49. The fourth-order valence-corrected chi connectivity index (χ4v) is 3.21. The van der Waals surface area contributed by atoms with E-state index >= 15 is 0 Å². The summed E-state index contributed by atoms with van der Waals surface area (Å²) in [6, 6.07) is 11.4. The number of hydrogen-bond acceptors (Lipinski definition) is 5. The molecular formula is C22H29N3O3. The molecule has 0 saturated carbocycles. The Hall–Kier alpha value is -2.76. The maximum atomic E-state index is 12.2. The molecule has 0 radical (unpaired) electrons. The number of carbonyl (C=O) groups is 1. The van der Waals surface area contributed by atoms with Crippen LogP contribution in [0.25, 0.3) is 0 Å². The van der Waals surface area contributed by atoms with Crippen LogP contribution < -0.4 is 10.5 Å². The van der Waals surface area contributed by atoms with Crippen molar-refractivity contribution >= 4 is 11.8 Å². The van der Waals surface area contributed by atoms with Gasteiger partial charge in [-0.2, -0.15) is 0 Å². The molecule has 1 aliphatic rings. The summed E-state index contributed by atoms with van der Waals surface area (Å²) in [5.74, 6) is 1.19. The van der Waals surface area contributed by atoms with Gasteiger partial charge in [-0.15, -0.1) is 0 Å². The minimum absolute atomic E-state index is 0.223. The number of nitrogen functional groups attached to an aromatic ring is 1. The monoisotopic (exact) mass is 383 g/mol. The van der Waals surface area contributed by atoms with Gasteiger partial charge in [-0.25, -0.2) is 4.79 Å². The highest BCUT2D eigenvalue weighted by molar-refractivity contribution is 5.68. The number of aromatic nitrogens is 1. The number of nitrogens with two attached hydrogens (primary N) is 1. The Labute approximate surface area is 166 Å². The minimum Gasteiger partial charge on any atom is -0.487 e. The van der Waals surface area contributed by atoms with Gasteiger partial charge >= 0.3 is 6.09 Å². The lowest BCUT2D eigenvalue weighted by Gasteiger charge is -2.33. The number of rotatable bonds is 4. The first kappa shape index (κ1) is 20.0. The number of amides is 1. The Morgan fingerprint density at radius 2 is 1.82 bits per heavy atom. The Morgan fingerprint density at radius 3 is 2.39 bits per heavy atom. The van der Waals surface area contributed by atoms with Crippen LogP contribution in [-0.2, 0) is 11.3 Å². The van der Waals surface area contributed by atoms with E-state index in [2.05, 4.69) is 11.1 Å². The molecule has 1 fully saturated rings. The summed E-state index contributed by atoms with van der Waals surface area (Å²) in [5.41, 5.74) is 8.03. The number of hydrogen-bond donors (Lipinski definition) is 1. The second-order valence-electron chi connectivity index (χ2n) is 8.18. The zero-order valence-corrected chi connectivity index (χ0v) is 16.9. The summed E-state index contributed by atoms with van der Waals surface area (Å²) in [4.78, 5) is 18.5. The molecule has 0 spiro atoms. The number of ether oxygens (including phenoxy) is 2. The second-order valence-corrected chi connectivity index (χ2v) is 8.18. The van der Waals surface area contributed by atoms with Crippen LogP contribution in [0.4, 0.5) is 10.5 Å². The van der Waals surface area contributed by atoms with Gasteiger partial charge in [0.05, 0.1) is 5.69 Å². The number of benzene rings is 1. The maximum absolute atomic E-state index is 12.2. The van der Waals surface area contributed by atoms with Crippen LogP contribution in [0, 0.1) is 0 Å². The normalized spacial score (nSPS) is 15.3. The summed E-state index contributed by atoms with van der Waals surface area (Å²) in [6.07, 6.45) is 3.54. The first-order valence-corrected chi connectivity index (χ1v) is 9.71. The van der Waals surface area contributed by atoms with Crippen molar-refractivity contribution in [2.24, 2.45) is 0 Å². The molecule has 0 bridgehead atoms. The topological polar surface area (TPSA) is 77.7 Å². The fourth-order valence-electron chi connectivity index (χ4n) is 3.21. The molecule has 2 heterocycles. The zero-order valence-electron chi connectivity index (χ0n) is 16.9. The fraction of sp³-hybridized carbons (Fsp3) is 0.455. The third-order valence-electron chi connectivity index (χ3n) is 4.73. The number of nitrogens with zero attached hydrogens (tertiary/aromatic N) is 2. The summed E-state index contributed by atoms with van der Waals surface area (Å²) >= 11 is 0. The quantitative estimate of drug-likeness (QED) is 0.794. The van der Waals surface area contributed by atoms with Gasteiger partial charge in [0.2, 0.25) is 0 Å². The summed E-state index contributed by atoms with van der Waals surface area (Å²) in [7, 11) is 0. The molecule has 1 aromatic heterocycles. The summed E-state index contributed by atoms with van der Waals surface area (Å²) in [6.45, 7) is 7.51. The van der Waals surface area contributed by atoms with Gasteiger partial charge in [0.1, 0.15) is 18.0 Å². The van der Waals surface area contributed by atoms with Crippen molar-refractivity contribution in [2.75, 3.05) is 18.8 Å². The van der Waals surface area contributed by atoms with E-state index in [1.165, 1.54) is 5.56 Å². The molecule has 0 unspecified atom stereocenters. The van der Waals surface area contributed by atoms with E-state index in [1.807, 2.05) is 57.3 Å². The van der Waals surface area contributed by atoms with Crippen molar-refractivity contribution in [1.82, 2.24) is 9.88 Å². The molecule has 3 rings (SSSR count). The van der Waals surface area contributed by atoms with Gasteiger partial charge in [0.15, 0.2) is 0 Å². The molecule has 1 amide bonds.